The smallest absolute Gasteiger partial charge is 0.490 e. The van der Waals surface area contributed by atoms with Gasteiger partial charge in [0, 0.05) is 48.8 Å². The minimum Gasteiger partial charge on any atom is -0.490 e. The van der Waals surface area contributed by atoms with E-state index in [1.807, 2.05) is 49.1 Å². The zero-order valence-corrected chi connectivity index (χ0v) is 40.0. The van der Waals surface area contributed by atoms with Crippen molar-refractivity contribution < 1.29 is 78.0 Å². The summed E-state index contributed by atoms with van der Waals surface area (Å²) in [4.78, 5) is 57.9. The van der Waals surface area contributed by atoms with Crippen molar-refractivity contribution in [1.82, 2.24) is 25.6 Å². The number of pyridine rings is 1. The number of nitrogens with zero attached hydrogens (tertiary/aromatic N) is 5. The lowest BCUT2D eigenvalue weighted by atomic mass is 9.87. The third kappa shape index (κ3) is 16.1. The van der Waals surface area contributed by atoms with Crippen LogP contribution in [0.4, 0.5) is 9.59 Å². The van der Waals surface area contributed by atoms with Gasteiger partial charge in [-0.2, -0.15) is 0 Å². The van der Waals surface area contributed by atoms with E-state index in [0.29, 0.717) is 66.0 Å². The van der Waals surface area contributed by atoms with E-state index in [4.69, 9.17) is 77.2 Å². The van der Waals surface area contributed by atoms with Crippen LogP contribution in [0.1, 0.15) is 66.3 Å². The van der Waals surface area contributed by atoms with Gasteiger partial charge in [0.1, 0.15) is 13.2 Å². The molecular weight excluding hydrogens is 949 g/mol. The Morgan fingerprint density at radius 3 is 2.03 bits per heavy atom. The highest BCUT2D eigenvalue weighted by Crippen LogP contribution is 2.45. The maximum absolute atomic E-state index is 15.2. The lowest BCUT2D eigenvalue weighted by Crippen LogP contribution is -2.49. The van der Waals surface area contributed by atoms with Gasteiger partial charge in [0.2, 0.25) is 5.88 Å². The molecule has 3 aliphatic rings. The predicted molar refractivity (Wildman–Crippen MR) is 243 cm³/mol. The Labute approximate surface area is 409 Å². The Kier molecular flexibility index (Phi) is 20.9. The molecule has 2 bridgehead atoms. The van der Waals surface area contributed by atoms with Crippen molar-refractivity contribution >= 4 is 46.9 Å². The Morgan fingerprint density at radius 2 is 1.38 bits per heavy atom. The highest BCUT2D eigenvalue weighted by atomic mass is 35.5. The molecule has 3 aromatic rings. The summed E-state index contributed by atoms with van der Waals surface area (Å²) in [7, 11) is 0. The molecule has 1 saturated carbocycles. The monoisotopic (exact) mass is 1010 g/mol. The molecule has 1 aromatic heterocycles. The van der Waals surface area contributed by atoms with Crippen LogP contribution in [0.15, 0.2) is 54.2 Å². The Balaban J connectivity index is 1.12. The molecule has 3 heterocycles. The van der Waals surface area contributed by atoms with Crippen molar-refractivity contribution in [3.63, 3.8) is 0 Å². The molecule has 2 amide bonds. The molecule has 2 aromatic carbocycles. The minimum atomic E-state index is -0.875. The van der Waals surface area contributed by atoms with Crippen LogP contribution in [0.5, 0.6) is 11.6 Å². The van der Waals surface area contributed by atoms with E-state index in [9.17, 15) is 9.59 Å². The van der Waals surface area contributed by atoms with E-state index in [-0.39, 0.29) is 90.6 Å². The second-order valence-corrected chi connectivity index (χ2v) is 17.1. The molecule has 6 rings (SSSR count). The fourth-order valence-electron chi connectivity index (χ4n) is 8.10. The second-order valence-electron chi connectivity index (χ2n) is 16.3. The average molecular weight is 1010 g/mol. The molecule has 2 aliphatic heterocycles. The number of aryl methyl sites for hydroxylation is 1. The zero-order chi connectivity index (χ0) is 49.3. The normalized spacial score (nSPS) is 16.6. The minimum absolute atomic E-state index is 0.0125. The summed E-state index contributed by atoms with van der Waals surface area (Å²) < 4.78 is 38.2. The van der Waals surface area contributed by atoms with Gasteiger partial charge in [-0.05, 0) is 92.0 Å². The van der Waals surface area contributed by atoms with Crippen LogP contribution in [0.25, 0.3) is 5.57 Å². The van der Waals surface area contributed by atoms with Crippen molar-refractivity contribution in [3.8, 4) is 11.6 Å². The van der Waals surface area contributed by atoms with Gasteiger partial charge < -0.3 is 38.1 Å². The Morgan fingerprint density at radius 1 is 0.739 bits per heavy atom. The average Bonchev–Trinajstić information content (AvgIpc) is 4.11. The van der Waals surface area contributed by atoms with Crippen LogP contribution in [0, 0.1) is 13.8 Å². The van der Waals surface area contributed by atoms with E-state index >= 15 is 4.79 Å². The van der Waals surface area contributed by atoms with E-state index in [0.717, 1.165) is 46.2 Å². The maximum atomic E-state index is 15.2. The van der Waals surface area contributed by atoms with Gasteiger partial charge in [0.15, 0.2) is 5.75 Å². The lowest BCUT2D eigenvalue weighted by Gasteiger charge is -2.38. The van der Waals surface area contributed by atoms with E-state index in [2.05, 4.69) is 14.7 Å². The van der Waals surface area contributed by atoms with Crippen LogP contribution in [-0.4, -0.2) is 155 Å². The number of carbonyl (C=O) groups excluding carboxylic acids is 3. The van der Waals surface area contributed by atoms with Gasteiger partial charge in [-0.1, -0.05) is 47.5 Å². The summed E-state index contributed by atoms with van der Waals surface area (Å²) >= 11 is 12.8. The third-order valence-corrected chi connectivity index (χ3v) is 12.1. The molecule has 0 radical (unpaired) electrons. The van der Waals surface area contributed by atoms with Crippen molar-refractivity contribution in [1.29, 1.82) is 0 Å². The van der Waals surface area contributed by atoms with Gasteiger partial charge in [-0.3, -0.25) is 30.5 Å². The molecule has 1 aliphatic carbocycles. The fourth-order valence-corrected chi connectivity index (χ4v) is 8.80. The topological polar surface area (TPSA) is 241 Å². The van der Waals surface area contributed by atoms with Crippen molar-refractivity contribution in [2.45, 2.75) is 83.5 Å². The molecule has 1 saturated heterocycles. The molecule has 2 fully saturated rings. The summed E-state index contributed by atoms with van der Waals surface area (Å²) in [6, 6.07) is 12.8. The van der Waals surface area contributed by atoms with Crippen LogP contribution >= 0.6 is 23.2 Å². The van der Waals surface area contributed by atoms with Crippen molar-refractivity contribution in [2.75, 3.05) is 72.7 Å². The highest BCUT2D eigenvalue weighted by molar-refractivity contribution is 6.37. The van der Waals surface area contributed by atoms with Crippen molar-refractivity contribution in [2.24, 2.45) is 0 Å². The lowest BCUT2D eigenvalue weighted by molar-refractivity contribution is -0.493. The first kappa shape index (κ1) is 53.5. The summed E-state index contributed by atoms with van der Waals surface area (Å²) in [5.74, 6) is 0.660. The number of halogens is 2. The molecule has 378 valence electrons. The number of rotatable bonds is 28. The number of fused-ring (bicyclic) bond motifs is 2. The quantitative estimate of drug-likeness (QED) is 0.0328. The Bertz CT molecular complexity index is 2180. The summed E-state index contributed by atoms with van der Waals surface area (Å²) in [6.45, 7) is 4.43. The standard InChI is InChI=1S/C46H59Cl2N5O16/c1-30-26-38(47)42(39(48)27-30)63-17-13-32-4-6-33(7-5-32)37-28-36-10-11-40(51(36)45(55)65-22-18-61-20-24-68-52(57)58)41(37)44(54)50(35-8-9-35)29-34-12-14-49-43(31(34)2)64-15-3-16-66-46(56)67-23-19-62-21-25-69-53(59)60/h4-7,12,14,26-27,35-36,40,57-60H,3,8-11,13,15-25,28-29H2,1-2H3. The van der Waals surface area contributed by atoms with Gasteiger partial charge in [0.25, 0.3) is 5.91 Å². The van der Waals surface area contributed by atoms with Crippen LogP contribution in [0.2, 0.25) is 10.0 Å². The number of carbonyl (C=O) groups is 3. The highest BCUT2D eigenvalue weighted by Gasteiger charge is 2.49. The summed E-state index contributed by atoms with van der Waals surface area (Å²) in [5, 5.41) is 34.4. The number of amides is 2. The number of ether oxygens (including phenoxy) is 7. The molecule has 23 heteroatoms. The van der Waals surface area contributed by atoms with Gasteiger partial charge in [-0.15, -0.1) is 0 Å². The van der Waals surface area contributed by atoms with Crippen LogP contribution < -0.4 is 9.47 Å². The first-order valence-corrected chi connectivity index (χ1v) is 23.4. The molecule has 21 nitrogen and oxygen atoms in total. The first-order valence-electron chi connectivity index (χ1n) is 22.6. The predicted octanol–water partition coefficient (Wildman–Crippen LogP) is 6.92. The molecule has 0 spiro atoms. The van der Waals surface area contributed by atoms with Crippen LogP contribution in [-0.2, 0) is 51.1 Å². The Hall–Kier alpha value is -4.88. The number of aromatic nitrogens is 1. The molecule has 69 heavy (non-hydrogen) atoms. The second kappa shape index (κ2) is 26.9. The van der Waals surface area contributed by atoms with E-state index < -0.39 is 29.1 Å². The van der Waals surface area contributed by atoms with Crippen LogP contribution in [0.3, 0.4) is 0 Å². The molecule has 4 N–H and O–H groups in total. The number of hydrogen-bond donors (Lipinski definition) is 4. The fraction of sp³-hybridized carbons (Fsp3) is 0.522. The first-order chi connectivity index (χ1) is 33.3. The van der Waals surface area contributed by atoms with Gasteiger partial charge in [-0.25, -0.2) is 24.2 Å². The molecular formula is C46H59Cl2N5O16. The zero-order valence-electron chi connectivity index (χ0n) is 38.5. The SMILES string of the molecule is Cc1cc(Cl)c(OCCc2ccc(C3=C(C(=O)N(Cc4ccnc(OCCCOC(=O)OCCOCCON(O)O)c4C)C4CC4)C4CCC(C3)N4C(=O)OCCOCCON(O)O)cc2)c(Cl)c1. The third-order valence-electron chi connectivity index (χ3n) is 11.5. The van der Waals surface area contributed by atoms with E-state index in [1.165, 1.54) is 0 Å². The number of benzene rings is 2. The summed E-state index contributed by atoms with van der Waals surface area (Å²) in [5.41, 5.74) is 5.86. The van der Waals surface area contributed by atoms with Gasteiger partial charge >= 0.3 is 12.2 Å². The van der Waals surface area contributed by atoms with E-state index in [1.54, 1.807) is 23.2 Å². The molecule has 2 atom stereocenters. The summed E-state index contributed by atoms with van der Waals surface area (Å²) in [6.07, 6.45) is 4.49. The maximum Gasteiger partial charge on any atom is 0.508 e. The molecule has 2 unspecified atom stereocenters. The number of hydrogen-bond acceptors (Lipinski definition) is 19. The largest absolute Gasteiger partial charge is 0.508 e. The van der Waals surface area contributed by atoms with Crippen molar-refractivity contribution in [3.05, 3.63) is 92.1 Å². The van der Waals surface area contributed by atoms with Gasteiger partial charge in [0.05, 0.1) is 86.3 Å².